The van der Waals surface area contributed by atoms with E-state index in [9.17, 15) is 0 Å². The minimum atomic E-state index is 0.603. The van der Waals surface area contributed by atoms with Gasteiger partial charge in [-0.05, 0) is 19.9 Å². The van der Waals surface area contributed by atoms with E-state index >= 15 is 0 Å². The normalized spacial score (nSPS) is 9.50. The van der Waals surface area contributed by atoms with Crippen LogP contribution in [-0.4, -0.2) is 12.3 Å². The molecule has 1 rings (SSSR count). The molecule has 1 aromatic rings. The average molecular weight is 162 g/mol. The molecule has 0 spiro atoms. The summed E-state index contributed by atoms with van der Waals surface area (Å²) >= 11 is 0. The SMILES string of the molecule is CCNc1ccccc1C(C)=N. The number of benzene rings is 1. The summed E-state index contributed by atoms with van der Waals surface area (Å²) in [4.78, 5) is 0. The van der Waals surface area contributed by atoms with Gasteiger partial charge in [0.25, 0.3) is 0 Å². The van der Waals surface area contributed by atoms with Gasteiger partial charge < -0.3 is 10.7 Å². The summed E-state index contributed by atoms with van der Waals surface area (Å²) in [5, 5.41) is 10.7. The molecule has 0 aliphatic heterocycles. The zero-order chi connectivity index (χ0) is 8.97. The molecule has 2 N–H and O–H groups in total. The van der Waals surface area contributed by atoms with Crippen LogP contribution in [0.5, 0.6) is 0 Å². The second-order valence-corrected chi connectivity index (χ2v) is 2.70. The number of hydrogen-bond acceptors (Lipinski definition) is 2. The topological polar surface area (TPSA) is 35.9 Å². The molecule has 0 atom stereocenters. The van der Waals surface area contributed by atoms with E-state index in [2.05, 4.69) is 12.2 Å². The molecule has 0 heterocycles. The standard InChI is InChI=1S/C10H14N2/c1-3-12-10-7-5-4-6-9(10)8(2)11/h4-7,11-12H,3H2,1-2H3. The van der Waals surface area contributed by atoms with Crippen LogP contribution in [0.2, 0.25) is 0 Å². The second kappa shape index (κ2) is 3.90. The maximum atomic E-state index is 7.51. The zero-order valence-electron chi connectivity index (χ0n) is 7.52. The van der Waals surface area contributed by atoms with Crippen molar-refractivity contribution < 1.29 is 0 Å². The third kappa shape index (κ3) is 1.84. The first-order valence-corrected chi connectivity index (χ1v) is 4.14. The van der Waals surface area contributed by atoms with E-state index in [4.69, 9.17) is 5.41 Å². The Morgan fingerprint density at radius 1 is 1.42 bits per heavy atom. The number of para-hydroxylation sites is 1. The zero-order valence-corrected chi connectivity index (χ0v) is 7.52. The molecule has 64 valence electrons. The van der Waals surface area contributed by atoms with Gasteiger partial charge >= 0.3 is 0 Å². The smallest absolute Gasteiger partial charge is 0.0431 e. The van der Waals surface area contributed by atoms with Gasteiger partial charge in [0.15, 0.2) is 0 Å². The molecule has 0 aliphatic rings. The van der Waals surface area contributed by atoms with Gasteiger partial charge in [-0.25, -0.2) is 0 Å². The highest BCUT2D eigenvalue weighted by molar-refractivity contribution is 6.01. The van der Waals surface area contributed by atoms with Crippen LogP contribution in [0.15, 0.2) is 24.3 Å². The minimum Gasteiger partial charge on any atom is -0.385 e. The van der Waals surface area contributed by atoms with Crippen LogP contribution in [0.1, 0.15) is 19.4 Å². The minimum absolute atomic E-state index is 0.603. The van der Waals surface area contributed by atoms with Crippen molar-refractivity contribution in [2.24, 2.45) is 0 Å². The lowest BCUT2D eigenvalue weighted by Gasteiger charge is -2.08. The van der Waals surface area contributed by atoms with Crippen LogP contribution in [0, 0.1) is 5.41 Å². The summed E-state index contributed by atoms with van der Waals surface area (Å²) in [6.45, 7) is 4.75. The Balaban J connectivity index is 3.00. The van der Waals surface area contributed by atoms with Crippen LogP contribution >= 0.6 is 0 Å². The van der Waals surface area contributed by atoms with Crippen molar-refractivity contribution in [3.63, 3.8) is 0 Å². The number of rotatable bonds is 3. The van der Waals surface area contributed by atoms with Crippen LogP contribution in [0.3, 0.4) is 0 Å². The quantitative estimate of drug-likeness (QED) is 0.658. The van der Waals surface area contributed by atoms with Crippen molar-refractivity contribution in [3.05, 3.63) is 29.8 Å². The fraction of sp³-hybridized carbons (Fsp3) is 0.300. The molecule has 0 radical (unpaired) electrons. The molecule has 1 aromatic carbocycles. The lowest BCUT2D eigenvalue weighted by atomic mass is 10.1. The monoisotopic (exact) mass is 162 g/mol. The van der Waals surface area contributed by atoms with Gasteiger partial charge in [-0.3, -0.25) is 0 Å². The lowest BCUT2D eigenvalue weighted by Crippen LogP contribution is -2.03. The van der Waals surface area contributed by atoms with Crippen molar-refractivity contribution >= 4 is 11.4 Å². The Hall–Kier alpha value is -1.31. The Morgan fingerprint density at radius 2 is 2.08 bits per heavy atom. The molecule has 0 bridgehead atoms. The highest BCUT2D eigenvalue weighted by atomic mass is 14.9. The first kappa shape index (κ1) is 8.78. The van der Waals surface area contributed by atoms with E-state index in [0.29, 0.717) is 5.71 Å². The predicted molar refractivity (Wildman–Crippen MR) is 53.1 cm³/mol. The third-order valence-electron chi connectivity index (χ3n) is 1.70. The first-order valence-electron chi connectivity index (χ1n) is 4.14. The number of nitrogens with one attached hydrogen (secondary N) is 2. The highest BCUT2D eigenvalue weighted by Gasteiger charge is 2.00. The first-order chi connectivity index (χ1) is 5.75. The average Bonchev–Trinajstić information content (AvgIpc) is 2.05. The van der Waals surface area contributed by atoms with Crippen LogP contribution in [-0.2, 0) is 0 Å². The Kier molecular flexibility index (Phi) is 2.86. The molecule has 0 saturated heterocycles. The van der Waals surface area contributed by atoms with Gasteiger partial charge in [0, 0.05) is 23.5 Å². The van der Waals surface area contributed by atoms with Gasteiger partial charge in [0.05, 0.1) is 0 Å². The maximum absolute atomic E-state index is 7.51. The van der Waals surface area contributed by atoms with Crippen LogP contribution in [0.4, 0.5) is 5.69 Å². The molecular formula is C10H14N2. The molecule has 0 saturated carbocycles. The number of anilines is 1. The van der Waals surface area contributed by atoms with Gasteiger partial charge in [0.1, 0.15) is 0 Å². The predicted octanol–water partition coefficient (Wildman–Crippen LogP) is 2.51. The molecule has 0 fully saturated rings. The van der Waals surface area contributed by atoms with E-state index in [-0.39, 0.29) is 0 Å². The Labute approximate surface area is 73.1 Å². The molecular weight excluding hydrogens is 148 g/mol. The van der Waals surface area contributed by atoms with Gasteiger partial charge in [-0.1, -0.05) is 18.2 Å². The van der Waals surface area contributed by atoms with Crippen molar-refractivity contribution in [3.8, 4) is 0 Å². The van der Waals surface area contributed by atoms with E-state index in [1.807, 2.05) is 24.3 Å². The maximum Gasteiger partial charge on any atom is 0.0431 e. The van der Waals surface area contributed by atoms with Crippen LogP contribution < -0.4 is 5.32 Å². The fourth-order valence-electron chi connectivity index (χ4n) is 1.15. The van der Waals surface area contributed by atoms with Crippen molar-refractivity contribution in [2.75, 3.05) is 11.9 Å². The molecule has 0 aliphatic carbocycles. The van der Waals surface area contributed by atoms with Crippen LogP contribution in [0.25, 0.3) is 0 Å². The molecule has 0 aromatic heterocycles. The molecule has 2 heteroatoms. The Bertz CT molecular complexity index is 279. The van der Waals surface area contributed by atoms with Gasteiger partial charge in [0.2, 0.25) is 0 Å². The number of hydrogen-bond donors (Lipinski definition) is 2. The lowest BCUT2D eigenvalue weighted by molar-refractivity contribution is 1.21. The second-order valence-electron chi connectivity index (χ2n) is 2.70. The van der Waals surface area contributed by atoms with E-state index in [1.165, 1.54) is 0 Å². The fourth-order valence-corrected chi connectivity index (χ4v) is 1.15. The summed E-state index contributed by atoms with van der Waals surface area (Å²) in [6.07, 6.45) is 0. The third-order valence-corrected chi connectivity index (χ3v) is 1.70. The van der Waals surface area contributed by atoms with Crippen molar-refractivity contribution in [2.45, 2.75) is 13.8 Å². The summed E-state index contributed by atoms with van der Waals surface area (Å²) in [5.41, 5.74) is 2.64. The summed E-state index contributed by atoms with van der Waals surface area (Å²) in [6, 6.07) is 7.88. The van der Waals surface area contributed by atoms with E-state index in [1.54, 1.807) is 6.92 Å². The van der Waals surface area contributed by atoms with E-state index in [0.717, 1.165) is 17.8 Å². The van der Waals surface area contributed by atoms with Gasteiger partial charge in [-0.15, -0.1) is 0 Å². The molecule has 12 heavy (non-hydrogen) atoms. The van der Waals surface area contributed by atoms with Crippen molar-refractivity contribution in [1.29, 1.82) is 5.41 Å². The molecule has 2 nitrogen and oxygen atoms in total. The van der Waals surface area contributed by atoms with E-state index < -0.39 is 0 Å². The summed E-state index contributed by atoms with van der Waals surface area (Å²) in [5.74, 6) is 0. The van der Waals surface area contributed by atoms with Gasteiger partial charge in [-0.2, -0.15) is 0 Å². The molecule has 0 unspecified atom stereocenters. The largest absolute Gasteiger partial charge is 0.385 e. The molecule has 0 amide bonds. The highest BCUT2D eigenvalue weighted by Crippen LogP contribution is 2.14. The Morgan fingerprint density at radius 3 is 2.67 bits per heavy atom. The van der Waals surface area contributed by atoms with Crippen molar-refractivity contribution in [1.82, 2.24) is 0 Å². The summed E-state index contributed by atoms with van der Waals surface area (Å²) < 4.78 is 0. The summed E-state index contributed by atoms with van der Waals surface area (Å²) in [7, 11) is 0.